The molecule has 1 saturated heterocycles. The molecule has 23 heavy (non-hydrogen) atoms. The molecule has 1 atom stereocenters. The van der Waals surface area contributed by atoms with Gasteiger partial charge in [0, 0.05) is 13.7 Å². The van der Waals surface area contributed by atoms with E-state index in [1.807, 2.05) is 0 Å². The lowest BCUT2D eigenvalue weighted by Crippen LogP contribution is -2.56. The van der Waals surface area contributed by atoms with E-state index >= 15 is 0 Å². The molecule has 2 aliphatic rings. The number of carboxylic acids is 1. The Morgan fingerprint density at radius 2 is 2.09 bits per heavy atom. The van der Waals surface area contributed by atoms with Gasteiger partial charge in [0.1, 0.15) is 21.5 Å². The Morgan fingerprint density at radius 1 is 1.35 bits per heavy atom. The predicted octanol–water partition coefficient (Wildman–Crippen LogP) is 2.85. The van der Waals surface area contributed by atoms with E-state index in [2.05, 4.69) is 4.98 Å². The van der Waals surface area contributed by atoms with Crippen LogP contribution in [0.15, 0.2) is 6.20 Å². The number of hydrogen-bond acceptors (Lipinski definition) is 5. The highest BCUT2D eigenvalue weighted by atomic mass is 32.1. The van der Waals surface area contributed by atoms with Crippen molar-refractivity contribution >= 4 is 23.2 Å². The van der Waals surface area contributed by atoms with Crippen molar-refractivity contribution < 1.29 is 19.4 Å². The number of carbonyl (C=O) groups excluding carboxylic acids is 1. The monoisotopic (exact) mass is 338 g/mol. The van der Waals surface area contributed by atoms with Gasteiger partial charge in [-0.25, -0.2) is 9.78 Å². The Balaban J connectivity index is 1.79. The van der Waals surface area contributed by atoms with Crippen LogP contribution in [0.4, 0.5) is 0 Å². The van der Waals surface area contributed by atoms with Crippen LogP contribution in [0.2, 0.25) is 0 Å². The van der Waals surface area contributed by atoms with E-state index in [1.54, 1.807) is 13.2 Å². The molecule has 126 valence electrons. The number of amides is 1. The number of ether oxygens (including phenoxy) is 1. The molecule has 0 spiro atoms. The fraction of sp³-hybridized carbons (Fsp3) is 0.688. The van der Waals surface area contributed by atoms with Crippen LogP contribution >= 0.6 is 11.3 Å². The summed E-state index contributed by atoms with van der Waals surface area (Å²) < 4.78 is 5.60. The topological polar surface area (TPSA) is 79.7 Å². The standard InChI is InChI=1S/C16H22N2O4S/c1-18(16(15(20)21)7-3-2-4-8-16)14(19)12-10-17-13(23-12)11-6-5-9-22-11/h10-11H,2-9H2,1H3,(H,20,21). The summed E-state index contributed by atoms with van der Waals surface area (Å²) in [6, 6.07) is 0. The lowest BCUT2D eigenvalue weighted by atomic mass is 9.80. The molecule has 1 aromatic rings. The van der Waals surface area contributed by atoms with Crippen LogP contribution in [0.25, 0.3) is 0 Å². The van der Waals surface area contributed by atoms with E-state index in [4.69, 9.17) is 4.74 Å². The molecule has 0 aromatic carbocycles. The molecule has 2 heterocycles. The van der Waals surface area contributed by atoms with Crippen LogP contribution in [-0.4, -0.2) is 46.1 Å². The van der Waals surface area contributed by atoms with Crippen molar-refractivity contribution in [1.29, 1.82) is 0 Å². The molecule has 0 radical (unpaired) electrons. The van der Waals surface area contributed by atoms with Crippen LogP contribution in [0, 0.1) is 0 Å². The van der Waals surface area contributed by atoms with Gasteiger partial charge in [-0.2, -0.15) is 0 Å². The molecule has 1 amide bonds. The first kappa shape index (κ1) is 16.4. The summed E-state index contributed by atoms with van der Waals surface area (Å²) in [5.41, 5.74) is -1.08. The highest BCUT2D eigenvalue weighted by molar-refractivity contribution is 7.13. The van der Waals surface area contributed by atoms with Gasteiger partial charge in [-0.15, -0.1) is 11.3 Å². The number of hydrogen-bond donors (Lipinski definition) is 1. The maximum Gasteiger partial charge on any atom is 0.329 e. The maximum absolute atomic E-state index is 12.8. The molecule has 6 nitrogen and oxygen atoms in total. The Kier molecular flexibility index (Phi) is 4.68. The van der Waals surface area contributed by atoms with Crippen molar-refractivity contribution in [3.05, 3.63) is 16.1 Å². The SMILES string of the molecule is CN(C(=O)c1cnc(C2CCCO2)s1)C1(C(=O)O)CCCCC1. The van der Waals surface area contributed by atoms with Crippen LogP contribution < -0.4 is 0 Å². The Bertz CT molecular complexity index is 589. The second-order valence-electron chi connectivity index (χ2n) is 6.33. The van der Waals surface area contributed by atoms with Crippen molar-refractivity contribution in [3.63, 3.8) is 0 Å². The summed E-state index contributed by atoms with van der Waals surface area (Å²) in [5, 5.41) is 10.5. The molecule has 3 rings (SSSR count). The summed E-state index contributed by atoms with van der Waals surface area (Å²) >= 11 is 1.32. The Hall–Kier alpha value is -1.47. The van der Waals surface area contributed by atoms with Crippen molar-refractivity contribution in [3.8, 4) is 0 Å². The van der Waals surface area contributed by atoms with Crippen LogP contribution in [0.5, 0.6) is 0 Å². The van der Waals surface area contributed by atoms with Crippen molar-refractivity contribution in [2.24, 2.45) is 0 Å². The molecule has 7 heteroatoms. The van der Waals surface area contributed by atoms with Gasteiger partial charge in [-0.3, -0.25) is 4.79 Å². The van der Waals surface area contributed by atoms with Crippen LogP contribution in [0.3, 0.4) is 0 Å². The molecule has 1 unspecified atom stereocenters. The second kappa shape index (κ2) is 6.57. The third kappa shape index (κ3) is 2.99. The number of carbonyl (C=O) groups is 2. The second-order valence-corrected chi connectivity index (χ2v) is 7.39. The minimum atomic E-state index is -1.08. The van der Waals surface area contributed by atoms with E-state index in [0.29, 0.717) is 17.7 Å². The summed E-state index contributed by atoms with van der Waals surface area (Å²) in [6.45, 7) is 0.732. The largest absolute Gasteiger partial charge is 0.479 e. The summed E-state index contributed by atoms with van der Waals surface area (Å²) in [5.74, 6) is -1.16. The van der Waals surface area contributed by atoms with E-state index in [9.17, 15) is 14.7 Å². The van der Waals surface area contributed by atoms with E-state index in [1.165, 1.54) is 16.2 Å². The van der Waals surface area contributed by atoms with Crippen molar-refractivity contribution in [1.82, 2.24) is 9.88 Å². The smallest absolute Gasteiger partial charge is 0.329 e. The van der Waals surface area contributed by atoms with E-state index in [-0.39, 0.29) is 12.0 Å². The van der Waals surface area contributed by atoms with Crippen molar-refractivity contribution in [2.45, 2.75) is 56.6 Å². The molecule has 1 aliphatic carbocycles. The highest BCUT2D eigenvalue weighted by Crippen LogP contribution is 2.36. The molecular formula is C16H22N2O4S. The normalized spacial score (nSPS) is 23.6. The molecule has 1 N–H and O–H groups in total. The summed E-state index contributed by atoms with van der Waals surface area (Å²) in [6.07, 6.45) is 7.21. The first-order valence-electron chi connectivity index (χ1n) is 8.13. The van der Waals surface area contributed by atoms with Gasteiger partial charge in [0.25, 0.3) is 5.91 Å². The average Bonchev–Trinajstić information content (AvgIpc) is 3.24. The Morgan fingerprint density at radius 3 is 2.70 bits per heavy atom. The van der Waals surface area contributed by atoms with Gasteiger partial charge in [-0.1, -0.05) is 19.3 Å². The van der Waals surface area contributed by atoms with E-state index in [0.717, 1.165) is 43.7 Å². The minimum absolute atomic E-state index is 0.0185. The molecular weight excluding hydrogens is 316 g/mol. The lowest BCUT2D eigenvalue weighted by molar-refractivity contribution is -0.151. The first-order valence-corrected chi connectivity index (χ1v) is 8.95. The number of thiazole rings is 1. The van der Waals surface area contributed by atoms with Gasteiger partial charge in [0.15, 0.2) is 0 Å². The van der Waals surface area contributed by atoms with Gasteiger partial charge in [-0.05, 0) is 25.7 Å². The molecule has 2 fully saturated rings. The van der Waals surface area contributed by atoms with Crippen LogP contribution in [0.1, 0.15) is 65.7 Å². The maximum atomic E-state index is 12.8. The Labute approximate surface area is 139 Å². The van der Waals surface area contributed by atoms with E-state index < -0.39 is 11.5 Å². The fourth-order valence-corrected chi connectivity index (χ4v) is 4.47. The summed E-state index contributed by atoms with van der Waals surface area (Å²) in [7, 11) is 1.60. The number of carboxylic acid groups (broad SMARTS) is 1. The minimum Gasteiger partial charge on any atom is -0.479 e. The molecule has 1 saturated carbocycles. The van der Waals surface area contributed by atoms with Gasteiger partial charge >= 0.3 is 5.97 Å². The summed E-state index contributed by atoms with van der Waals surface area (Å²) in [4.78, 5) is 30.8. The third-order valence-electron chi connectivity index (χ3n) is 4.96. The number of nitrogens with zero attached hydrogens (tertiary/aromatic N) is 2. The fourth-order valence-electron chi connectivity index (χ4n) is 3.50. The highest BCUT2D eigenvalue weighted by Gasteiger charge is 2.46. The quantitative estimate of drug-likeness (QED) is 0.913. The number of rotatable bonds is 4. The van der Waals surface area contributed by atoms with Crippen molar-refractivity contribution in [2.75, 3.05) is 13.7 Å². The zero-order valence-electron chi connectivity index (χ0n) is 13.3. The number of likely N-dealkylation sites (N-methyl/N-ethyl adjacent to an activating group) is 1. The zero-order chi connectivity index (χ0) is 16.4. The molecule has 1 aromatic heterocycles. The number of aliphatic carboxylic acids is 1. The predicted molar refractivity (Wildman–Crippen MR) is 85.6 cm³/mol. The van der Waals surface area contributed by atoms with Gasteiger partial charge in [0.2, 0.25) is 0 Å². The third-order valence-corrected chi connectivity index (χ3v) is 6.04. The average molecular weight is 338 g/mol. The number of aromatic nitrogens is 1. The lowest BCUT2D eigenvalue weighted by Gasteiger charge is -2.40. The molecule has 0 bridgehead atoms. The first-order chi connectivity index (χ1) is 11.0. The van der Waals surface area contributed by atoms with Gasteiger partial charge in [0.05, 0.1) is 6.20 Å². The van der Waals surface area contributed by atoms with Gasteiger partial charge < -0.3 is 14.7 Å². The zero-order valence-corrected chi connectivity index (χ0v) is 14.1. The molecule has 1 aliphatic heterocycles. The van der Waals surface area contributed by atoms with Crippen LogP contribution in [-0.2, 0) is 9.53 Å².